The number of esters is 4. The normalized spacial score (nSPS) is 14.1. The number of hydrogen-bond acceptors (Lipinski definition) is 15. The number of ether oxygens (including phenoxy) is 4. The predicted octanol–water partition coefficient (Wildman–Crippen LogP) is 20.8. The number of hydrogen-bond donors (Lipinski definition) is 3. The molecule has 0 saturated heterocycles. The SMILES string of the molecule is CCCCCCCCCCCCC(=O)O[C@H](COC(=O)CCCCCCCCCCC)COP(=O)(O)OC[C@H](O)COP(=O)(O)OC[C@@H](COC(=O)CCCCCCCCCCCCCC(C)C)OC(=O)CCCCCCCCCCCCCCCCCC(C)C. The van der Waals surface area contributed by atoms with E-state index in [4.69, 9.17) is 37.0 Å². The first-order valence-corrected chi connectivity index (χ1v) is 40.5. The van der Waals surface area contributed by atoms with Crippen molar-refractivity contribution in [3.05, 3.63) is 0 Å². The summed E-state index contributed by atoms with van der Waals surface area (Å²) in [6.07, 6.45) is 49.9. The molecule has 0 rings (SSSR count). The Morgan fingerprint density at radius 1 is 0.297 bits per heavy atom. The highest BCUT2D eigenvalue weighted by atomic mass is 31.2. The van der Waals surface area contributed by atoms with Gasteiger partial charge in [-0.1, -0.05) is 318 Å². The molecule has 0 aromatic rings. The number of aliphatic hydroxyl groups excluding tert-OH is 1. The average Bonchev–Trinajstić information content (AvgIpc) is 1.99. The monoisotopic (exact) mass is 1340 g/mol. The van der Waals surface area contributed by atoms with Crippen LogP contribution in [0.15, 0.2) is 0 Å². The molecule has 3 N–H and O–H groups in total. The number of phosphoric acid groups is 2. The van der Waals surface area contributed by atoms with Crippen molar-refractivity contribution in [2.45, 2.75) is 387 Å². The van der Waals surface area contributed by atoms with Crippen LogP contribution in [0.3, 0.4) is 0 Å². The smallest absolute Gasteiger partial charge is 0.462 e. The maximum absolute atomic E-state index is 13.0. The topological polar surface area (TPSA) is 237 Å². The Hall–Kier alpha value is -1.94. The predicted molar refractivity (Wildman–Crippen MR) is 368 cm³/mol. The van der Waals surface area contributed by atoms with Gasteiger partial charge in [0.05, 0.1) is 26.4 Å². The molecule has 0 aliphatic rings. The summed E-state index contributed by atoms with van der Waals surface area (Å²) < 4.78 is 68.3. The van der Waals surface area contributed by atoms with Crippen molar-refractivity contribution in [2.75, 3.05) is 39.6 Å². The summed E-state index contributed by atoms with van der Waals surface area (Å²) in [7, 11) is -9.90. The van der Waals surface area contributed by atoms with Crippen molar-refractivity contribution in [3.8, 4) is 0 Å². The third kappa shape index (κ3) is 66.5. The van der Waals surface area contributed by atoms with E-state index in [-0.39, 0.29) is 25.7 Å². The van der Waals surface area contributed by atoms with Crippen molar-refractivity contribution < 1.29 is 80.2 Å². The fourth-order valence-corrected chi connectivity index (χ4v) is 12.5. The second-order valence-corrected chi connectivity index (χ2v) is 29.8. The van der Waals surface area contributed by atoms with Crippen LogP contribution in [0.4, 0.5) is 0 Å². The number of aliphatic hydroxyl groups is 1. The maximum Gasteiger partial charge on any atom is 0.472 e. The van der Waals surface area contributed by atoms with Crippen LogP contribution in [0, 0.1) is 11.8 Å². The summed E-state index contributed by atoms with van der Waals surface area (Å²) in [4.78, 5) is 72.5. The summed E-state index contributed by atoms with van der Waals surface area (Å²) in [5.74, 6) is -0.548. The lowest BCUT2D eigenvalue weighted by Crippen LogP contribution is -2.30. The molecule has 17 nitrogen and oxygen atoms in total. The fraction of sp³-hybridized carbons (Fsp3) is 0.944. The van der Waals surface area contributed by atoms with Gasteiger partial charge in [-0.2, -0.15) is 0 Å². The fourth-order valence-electron chi connectivity index (χ4n) is 10.9. The first kappa shape index (κ1) is 89.1. The third-order valence-electron chi connectivity index (χ3n) is 16.7. The van der Waals surface area contributed by atoms with E-state index in [2.05, 4.69) is 41.5 Å². The molecule has 91 heavy (non-hydrogen) atoms. The zero-order valence-electron chi connectivity index (χ0n) is 59.1. The Kier molecular flexibility index (Phi) is 62.7. The summed E-state index contributed by atoms with van der Waals surface area (Å²) in [5, 5.41) is 10.6. The lowest BCUT2D eigenvalue weighted by molar-refractivity contribution is -0.161. The molecule has 2 unspecified atom stereocenters. The van der Waals surface area contributed by atoms with Crippen molar-refractivity contribution in [2.24, 2.45) is 11.8 Å². The lowest BCUT2D eigenvalue weighted by atomic mass is 10.0. The molecule has 0 spiro atoms. The molecule has 0 bridgehead atoms. The van der Waals surface area contributed by atoms with Crippen LogP contribution in [0.5, 0.6) is 0 Å². The Labute approximate surface area is 556 Å². The molecule has 19 heteroatoms. The Balaban J connectivity index is 5.21. The van der Waals surface area contributed by atoms with Gasteiger partial charge in [-0.3, -0.25) is 37.3 Å². The van der Waals surface area contributed by atoms with E-state index < -0.39 is 97.5 Å². The van der Waals surface area contributed by atoms with Crippen LogP contribution in [-0.2, 0) is 65.4 Å². The molecular weight excluding hydrogens is 1200 g/mol. The molecule has 5 atom stereocenters. The maximum atomic E-state index is 13.0. The minimum Gasteiger partial charge on any atom is -0.462 e. The van der Waals surface area contributed by atoms with E-state index in [1.807, 2.05) is 0 Å². The minimum atomic E-state index is -4.95. The summed E-state index contributed by atoms with van der Waals surface area (Å²) in [6, 6.07) is 0. The summed E-state index contributed by atoms with van der Waals surface area (Å²) >= 11 is 0. The van der Waals surface area contributed by atoms with Gasteiger partial charge in [0.1, 0.15) is 19.3 Å². The second-order valence-electron chi connectivity index (χ2n) is 26.9. The van der Waals surface area contributed by atoms with Gasteiger partial charge in [-0.05, 0) is 37.5 Å². The number of rotatable bonds is 71. The molecule has 0 radical (unpaired) electrons. The quantitative estimate of drug-likeness (QED) is 0.0222. The van der Waals surface area contributed by atoms with Crippen LogP contribution >= 0.6 is 15.6 Å². The number of phosphoric ester groups is 2. The lowest BCUT2D eigenvalue weighted by Gasteiger charge is -2.21. The average molecular weight is 1340 g/mol. The van der Waals surface area contributed by atoms with Crippen molar-refractivity contribution in [1.82, 2.24) is 0 Å². The highest BCUT2D eigenvalue weighted by Crippen LogP contribution is 2.45. The molecule has 0 saturated carbocycles. The molecule has 0 aliphatic carbocycles. The largest absolute Gasteiger partial charge is 0.472 e. The van der Waals surface area contributed by atoms with Crippen LogP contribution in [0.2, 0.25) is 0 Å². The van der Waals surface area contributed by atoms with Crippen molar-refractivity contribution in [3.63, 3.8) is 0 Å². The molecular formula is C72H140O17P2. The van der Waals surface area contributed by atoms with E-state index in [0.29, 0.717) is 25.7 Å². The van der Waals surface area contributed by atoms with E-state index in [1.165, 1.54) is 186 Å². The van der Waals surface area contributed by atoms with Crippen LogP contribution < -0.4 is 0 Å². The zero-order valence-corrected chi connectivity index (χ0v) is 60.9. The van der Waals surface area contributed by atoms with Crippen molar-refractivity contribution in [1.29, 1.82) is 0 Å². The second kappa shape index (κ2) is 64.1. The molecule has 0 amide bonds. The van der Waals surface area contributed by atoms with Gasteiger partial charge in [-0.25, -0.2) is 9.13 Å². The number of unbranched alkanes of at least 4 members (excludes halogenated alkanes) is 41. The van der Waals surface area contributed by atoms with Gasteiger partial charge < -0.3 is 33.8 Å². The molecule has 0 aliphatic heterocycles. The van der Waals surface area contributed by atoms with Gasteiger partial charge >= 0.3 is 39.5 Å². The van der Waals surface area contributed by atoms with E-state index >= 15 is 0 Å². The van der Waals surface area contributed by atoms with Crippen LogP contribution in [0.1, 0.15) is 369 Å². The Morgan fingerprint density at radius 3 is 0.747 bits per heavy atom. The van der Waals surface area contributed by atoms with Gasteiger partial charge in [-0.15, -0.1) is 0 Å². The molecule has 0 heterocycles. The Morgan fingerprint density at radius 2 is 0.505 bits per heavy atom. The third-order valence-corrected chi connectivity index (χ3v) is 18.6. The van der Waals surface area contributed by atoms with E-state index in [1.54, 1.807) is 0 Å². The van der Waals surface area contributed by atoms with Gasteiger partial charge in [0.25, 0.3) is 0 Å². The van der Waals surface area contributed by atoms with Gasteiger partial charge in [0, 0.05) is 25.7 Å². The van der Waals surface area contributed by atoms with E-state index in [0.717, 1.165) is 102 Å². The minimum absolute atomic E-state index is 0.106. The zero-order chi connectivity index (χ0) is 67.2. The van der Waals surface area contributed by atoms with Crippen LogP contribution in [0.25, 0.3) is 0 Å². The number of carbonyl (C=O) groups is 4. The highest BCUT2D eigenvalue weighted by Gasteiger charge is 2.30. The highest BCUT2D eigenvalue weighted by molar-refractivity contribution is 7.47. The molecule has 0 aromatic heterocycles. The summed E-state index contributed by atoms with van der Waals surface area (Å²) in [5.41, 5.74) is 0. The van der Waals surface area contributed by atoms with E-state index in [9.17, 15) is 43.2 Å². The molecule has 540 valence electrons. The molecule has 0 fully saturated rings. The first-order chi connectivity index (χ1) is 43.9. The standard InChI is InChI=1S/C72H140O17P2/c1-7-9-11-13-15-17-31-38-44-50-56-71(76)88-67(60-82-69(74)54-48-42-36-28-16-14-12-10-8-2)62-86-90(78,79)84-58-66(73)59-85-91(80,81)87-63-68(61-83-70(75)55-49-43-37-32-27-23-25-30-35-41-47-53-65(5)6)89-72(77)57-51-45-39-33-26-22-20-18-19-21-24-29-34-40-46-52-64(3)4/h64-68,73H,7-63H2,1-6H3,(H,78,79)(H,80,81)/t66-,67+,68+/m0/s1. The first-order valence-electron chi connectivity index (χ1n) is 37.5. The van der Waals surface area contributed by atoms with Gasteiger partial charge in [0.2, 0.25) is 0 Å². The number of carbonyl (C=O) groups excluding carboxylic acids is 4. The van der Waals surface area contributed by atoms with Crippen molar-refractivity contribution >= 4 is 39.5 Å². The Bertz CT molecular complexity index is 1770. The molecule has 0 aromatic carbocycles. The summed E-state index contributed by atoms with van der Waals surface area (Å²) in [6.45, 7) is 9.57. The van der Waals surface area contributed by atoms with Gasteiger partial charge in [0.15, 0.2) is 12.2 Å². The van der Waals surface area contributed by atoms with Crippen LogP contribution in [-0.4, -0.2) is 96.7 Å².